The first-order valence-electron chi connectivity index (χ1n) is 5.91. The highest BCUT2D eigenvalue weighted by molar-refractivity contribution is 6.07. The fourth-order valence-electron chi connectivity index (χ4n) is 1.93. The molecule has 5 heteroatoms. The Balaban J connectivity index is 1.93. The van der Waals surface area contributed by atoms with Crippen molar-refractivity contribution in [3.05, 3.63) is 54.0 Å². The Morgan fingerprint density at radius 1 is 1.21 bits per heavy atom. The number of carbonyl (C=O) groups excluding carboxylic acids is 1. The van der Waals surface area contributed by atoms with Gasteiger partial charge in [0.1, 0.15) is 5.69 Å². The highest BCUT2D eigenvalue weighted by Crippen LogP contribution is 2.21. The van der Waals surface area contributed by atoms with Crippen molar-refractivity contribution < 1.29 is 4.79 Å². The second kappa shape index (κ2) is 4.53. The Kier molecular flexibility index (Phi) is 2.72. The standard InChI is InChI=1S/C14H12N4O/c1-9-4-2-7-13(16-9)14(19)17-11-5-3-6-12-10(11)8-15-18-12/h2-8H,1H3,(H,15,18)(H,17,19). The van der Waals surface area contributed by atoms with Gasteiger partial charge in [0, 0.05) is 11.1 Å². The molecule has 3 aromatic rings. The molecule has 5 nitrogen and oxygen atoms in total. The molecule has 0 aliphatic heterocycles. The summed E-state index contributed by atoms with van der Waals surface area (Å²) in [5, 5.41) is 10.6. The molecule has 0 saturated carbocycles. The predicted octanol–water partition coefficient (Wildman–Crippen LogP) is 2.52. The number of H-pyrrole nitrogens is 1. The van der Waals surface area contributed by atoms with Crippen molar-refractivity contribution in [3.63, 3.8) is 0 Å². The number of aryl methyl sites for hydroxylation is 1. The number of anilines is 1. The fourth-order valence-corrected chi connectivity index (χ4v) is 1.93. The Labute approximate surface area is 109 Å². The zero-order valence-corrected chi connectivity index (χ0v) is 10.3. The van der Waals surface area contributed by atoms with E-state index in [1.54, 1.807) is 12.3 Å². The number of nitrogens with zero attached hydrogens (tertiary/aromatic N) is 2. The summed E-state index contributed by atoms with van der Waals surface area (Å²) >= 11 is 0. The summed E-state index contributed by atoms with van der Waals surface area (Å²) in [6.07, 6.45) is 1.69. The Hall–Kier alpha value is -2.69. The molecule has 2 heterocycles. The molecule has 0 aliphatic rings. The molecule has 0 unspecified atom stereocenters. The Morgan fingerprint density at radius 3 is 2.89 bits per heavy atom. The van der Waals surface area contributed by atoms with Gasteiger partial charge in [-0.25, -0.2) is 4.98 Å². The molecule has 0 radical (unpaired) electrons. The summed E-state index contributed by atoms with van der Waals surface area (Å²) in [7, 11) is 0. The molecule has 1 aromatic carbocycles. The molecule has 1 amide bonds. The van der Waals surface area contributed by atoms with E-state index in [9.17, 15) is 4.79 Å². The van der Waals surface area contributed by atoms with Crippen LogP contribution in [0, 0.1) is 6.92 Å². The number of fused-ring (bicyclic) bond motifs is 1. The SMILES string of the molecule is Cc1cccc(C(=O)Nc2cccc3[nH]ncc23)n1. The van der Waals surface area contributed by atoms with Gasteiger partial charge in [-0.2, -0.15) is 5.10 Å². The first-order valence-corrected chi connectivity index (χ1v) is 5.91. The van der Waals surface area contributed by atoms with Crippen molar-refractivity contribution in [1.82, 2.24) is 15.2 Å². The Morgan fingerprint density at radius 2 is 2.05 bits per heavy atom. The van der Waals surface area contributed by atoms with Gasteiger partial charge in [-0.05, 0) is 31.2 Å². The van der Waals surface area contributed by atoms with Gasteiger partial charge in [-0.15, -0.1) is 0 Å². The molecule has 3 rings (SSSR count). The molecule has 0 aliphatic carbocycles. The lowest BCUT2D eigenvalue weighted by Crippen LogP contribution is -2.14. The maximum absolute atomic E-state index is 12.1. The maximum atomic E-state index is 12.1. The van der Waals surface area contributed by atoms with E-state index >= 15 is 0 Å². The van der Waals surface area contributed by atoms with Crippen LogP contribution < -0.4 is 5.32 Å². The molecule has 0 saturated heterocycles. The molecule has 0 atom stereocenters. The highest BCUT2D eigenvalue weighted by Gasteiger charge is 2.10. The summed E-state index contributed by atoms with van der Waals surface area (Å²) in [4.78, 5) is 16.3. The lowest BCUT2D eigenvalue weighted by atomic mass is 10.2. The van der Waals surface area contributed by atoms with Crippen molar-refractivity contribution in [1.29, 1.82) is 0 Å². The first-order chi connectivity index (χ1) is 9.24. The number of pyridine rings is 1. The minimum Gasteiger partial charge on any atom is -0.320 e. The lowest BCUT2D eigenvalue weighted by molar-refractivity contribution is 0.102. The lowest BCUT2D eigenvalue weighted by Gasteiger charge is -2.06. The van der Waals surface area contributed by atoms with E-state index in [1.165, 1.54) is 0 Å². The van der Waals surface area contributed by atoms with E-state index in [0.29, 0.717) is 5.69 Å². The van der Waals surface area contributed by atoms with E-state index in [2.05, 4.69) is 20.5 Å². The number of hydrogen-bond acceptors (Lipinski definition) is 3. The van der Waals surface area contributed by atoms with Crippen LogP contribution in [0.3, 0.4) is 0 Å². The molecule has 0 fully saturated rings. The maximum Gasteiger partial charge on any atom is 0.274 e. The van der Waals surface area contributed by atoms with Crippen LogP contribution in [0.1, 0.15) is 16.2 Å². The minimum atomic E-state index is -0.225. The van der Waals surface area contributed by atoms with Gasteiger partial charge in [-0.3, -0.25) is 9.89 Å². The van der Waals surface area contributed by atoms with Gasteiger partial charge in [-0.1, -0.05) is 12.1 Å². The van der Waals surface area contributed by atoms with Gasteiger partial charge in [0.15, 0.2) is 0 Å². The number of carbonyl (C=O) groups is 1. The molecule has 19 heavy (non-hydrogen) atoms. The topological polar surface area (TPSA) is 70.7 Å². The van der Waals surface area contributed by atoms with Crippen molar-refractivity contribution in [2.45, 2.75) is 6.92 Å². The first kappa shape index (κ1) is 11.4. The normalized spacial score (nSPS) is 10.6. The van der Waals surface area contributed by atoms with E-state index in [0.717, 1.165) is 22.3 Å². The van der Waals surface area contributed by atoms with Crippen LogP contribution in [0.15, 0.2) is 42.6 Å². The van der Waals surface area contributed by atoms with Crippen LogP contribution in [0.5, 0.6) is 0 Å². The van der Waals surface area contributed by atoms with Crippen molar-refractivity contribution in [2.24, 2.45) is 0 Å². The number of amides is 1. The number of aromatic nitrogens is 3. The van der Waals surface area contributed by atoms with Gasteiger partial charge >= 0.3 is 0 Å². The zero-order chi connectivity index (χ0) is 13.2. The molecule has 2 aromatic heterocycles. The van der Waals surface area contributed by atoms with Gasteiger partial charge in [0.05, 0.1) is 17.4 Å². The molecular formula is C14H12N4O. The van der Waals surface area contributed by atoms with Gasteiger partial charge in [0.2, 0.25) is 0 Å². The van der Waals surface area contributed by atoms with Crippen molar-refractivity contribution >= 4 is 22.5 Å². The number of hydrogen-bond donors (Lipinski definition) is 2. The average molecular weight is 252 g/mol. The second-order valence-corrected chi connectivity index (χ2v) is 4.26. The summed E-state index contributed by atoms with van der Waals surface area (Å²) < 4.78 is 0. The predicted molar refractivity (Wildman–Crippen MR) is 73.0 cm³/mol. The van der Waals surface area contributed by atoms with Crippen molar-refractivity contribution in [3.8, 4) is 0 Å². The van der Waals surface area contributed by atoms with Crippen molar-refractivity contribution in [2.75, 3.05) is 5.32 Å². The quantitative estimate of drug-likeness (QED) is 0.736. The van der Waals surface area contributed by atoms with E-state index in [4.69, 9.17) is 0 Å². The van der Waals surface area contributed by atoms with Crippen LogP contribution in [0.4, 0.5) is 5.69 Å². The van der Waals surface area contributed by atoms with Gasteiger partial charge in [0.25, 0.3) is 5.91 Å². The third kappa shape index (κ3) is 2.18. The van der Waals surface area contributed by atoms with Crippen LogP contribution in [0.25, 0.3) is 10.9 Å². The number of aromatic amines is 1. The third-order valence-corrected chi connectivity index (χ3v) is 2.85. The highest BCUT2D eigenvalue weighted by atomic mass is 16.1. The van der Waals surface area contributed by atoms with E-state index < -0.39 is 0 Å². The van der Waals surface area contributed by atoms with Crippen LogP contribution in [-0.2, 0) is 0 Å². The van der Waals surface area contributed by atoms with Gasteiger partial charge < -0.3 is 5.32 Å². The summed E-state index contributed by atoms with van der Waals surface area (Å²) in [5.74, 6) is -0.225. The van der Waals surface area contributed by atoms with E-state index in [1.807, 2.05) is 37.3 Å². The zero-order valence-electron chi connectivity index (χ0n) is 10.3. The van der Waals surface area contributed by atoms with E-state index in [-0.39, 0.29) is 5.91 Å². The molecule has 2 N–H and O–H groups in total. The summed E-state index contributed by atoms with van der Waals surface area (Å²) in [6, 6.07) is 11.0. The largest absolute Gasteiger partial charge is 0.320 e. The van der Waals surface area contributed by atoms with Crippen LogP contribution >= 0.6 is 0 Å². The smallest absolute Gasteiger partial charge is 0.274 e. The van der Waals surface area contributed by atoms with Crippen LogP contribution in [0.2, 0.25) is 0 Å². The molecule has 0 bridgehead atoms. The molecular weight excluding hydrogens is 240 g/mol. The Bertz CT molecular complexity index is 748. The second-order valence-electron chi connectivity index (χ2n) is 4.26. The third-order valence-electron chi connectivity index (χ3n) is 2.85. The number of nitrogens with one attached hydrogen (secondary N) is 2. The number of benzene rings is 1. The minimum absolute atomic E-state index is 0.225. The molecule has 0 spiro atoms. The molecule has 94 valence electrons. The summed E-state index contributed by atoms with van der Waals surface area (Å²) in [5.41, 5.74) is 2.82. The average Bonchev–Trinajstić information content (AvgIpc) is 2.88. The fraction of sp³-hybridized carbons (Fsp3) is 0.0714. The monoisotopic (exact) mass is 252 g/mol. The van der Waals surface area contributed by atoms with Crippen LogP contribution in [-0.4, -0.2) is 21.1 Å². The number of rotatable bonds is 2. The summed E-state index contributed by atoms with van der Waals surface area (Å²) in [6.45, 7) is 1.85.